The molecule has 7 heteroatoms. The Morgan fingerprint density at radius 3 is 2.67 bits per heavy atom. The second kappa shape index (κ2) is 5.18. The second-order valence-corrected chi connectivity index (χ2v) is 4.30. The van der Waals surface area contributed by atoms with Gasteiger partial charge in [0.15, 0.2) is 0 Å². The van der Waals surface area contributed by atoms with Crippen LogP contribution in [0.5, 0.6) is 0 Å². The fourth-order valence-corrected chi connectivity index (χ4v) is 1.91. The van der Waals surface area contributed by atoms with Gasteiger partial charge in [-0.15, -0.1) is 0 Å². The standard InChI is InChI=1S/C11H16N4O3/c1-2-3-15(7-4-12-5-7)10(17)8-6-13-11(18)14-9(8)16/h6-7,12H,2-5H2,1H3,(H2,13,14,16,18). The van der Waals surface area contributed by atoms with Crippen LogP contribution in [0, 0.1) is 0 Å². The molecule has 98 valence electrons. The minimum Gasteiger partial charge on any atom is -0.333 e. The molecule has 0 bridgehead atoms. The zero-order valence-electron chi connectivity index (χ0n) is 10.2. The van der Waals surface area contributed by atoms with Crippen molar-refractivity contribution in [3.05, 3.63) is 32.6 Å². The van der Waals surface area contributed by atoms with Gasteiger partial charge in [0.2, 0.25) is 0 Å². The summed E-state index contributed by atoms with van der Waals surface area (Å²) in [5.41, 5.74) is -1.27. The first kappa shape index (κ1) is 12.6. The Bertz CT molecular complexity index is 544. The number of rotatable bonds is 4. The first-order valence-electron chi connectivity index (χ1n) is 5.97. The predicted octanol–water partition coefficient (Wildman–Crippen LogP) is -1.11. The van der Waals surface area contributed by atoms with E-state index in [-0.39, 0.29) is 17.5 Å². The molecule has 1 amide bonds. The quantitative estimate of drug-likeness (QED) is 0.632. The number of aromatic nitrogens is 2. The van der Waals surface area contributed by atoms with E-state index in [0.29, 0.717) is 6.54 Å². The Kier molecular flexibility index (Phi) is 3.61. The maximum atomic E-state index is 12.3. The maximum absolute atomic E-state index is 12.3. The lowest BCUT2D eigenvalue weighted by atomic mass is 10.1. The van der Waals surface area contributed by atoms with Crippen LogP contribution in [0.25, 0.3) is 0 Å². The van der Waals surface area contributed by atoms with Crippen molar-refractivity contribution in [2.24, 2.45) is 0 Å². The lowest BCUT2D eigenvalue weighted by Crippen LogP contribution is -2.59. The molecule has 1 aliphatic rings. The predicted molar refractivity (Wildman–Crippen MR) is 65.7 cm³/mol. The Balaban J connectivity index is 2.26. The van der Waals surface area contributed by atoms with Crippen molar-refractivity contribution in [1.29, 1.82) is 0 Å². The van der Waals surface area contributed by atoms with E-state index < -0.39 is 11.2 Å². The van der Waals surface area contributed by atoms with Gasteiger partial charge in [0.25, 0.3) is 11.5 Å². The van der Waals surface area contributed by atoms with E-state index >= 15 is 0 Å². The molecule has 0 radical (unpaired) electrons. The molecule has 2 heterocycles. The highest BCUT2D eigenvalue weighted by atomic mass is 16.2. The molecule has 1 fully saturated rings. The Morgan fingerprint density at radius 2 is 2.17 bits per heavy atom. The monoisotopic (exact) mass is 252 g/mol. The third-order valence-electron chi connectivity index (χ3n) is 2.98. The zero-order valence-corrected chi connectivity index (χ0v) is 10.2. The molecule has 1 aromatic rings. The first-order valence-corrected chi connectivity index (χ1v) is 5.97. The molecular formula is C11H16N4O3. The average molecular weight is 252 g/mol. The lowest BCUT2D eigenvalue weighted by Gasteiger charge is -2.38. The molecule has 0 aliphatic carbocycles. The number of aromatic amines is 2. The van der Waals surface area contributed by atoms with Gasteiger partial charge < -0.3 is 15.2 Å². The van der Waals surface area contributed by atoms with Gasteiger partial charge in [-0.1, -0.05) is 6.92 Å². The van der Waals surface area contributed by atoms with E-state index in [1.54, 1.807) is 4.90 Å². The highest BCUT2D eigenvalue weighted by Crippen LogP contribution is 2.09. The summed E-state index contributed by atoms with van der Waals surface area (Å²) >= 11 is 0. The Morgan fingerprint density at radius 1 is 1.44 bits per heavy atom. The third kappa shape index (κ3) is 2.35. The van der Waals surface area contributed by atoms with Crippen LogP contribution in [0.1, 0.15) is 23.7 Å². The van der Waals surface area contributed by atoms with E-state index in [4.69, 9.17) is 0 Å². The summed E-state index contributed by atoms with van der Waals surface area (Å²) in [6.45, 7) is 4.06. The Labute approximate surface area is 103 Å². The summed E-state index contributed by atoms with van der Waals surface area (Å²) < 4.78 is 0. The molecular weight excluding hydrogens is 236 g/mol. The number of nitrogens with zero attached hydrogens (tertiary/aromatic N) is 1. The zero-order chi connectivity index (χ0) is 13.1. The van der Waals surface area contributed by atoms with Gasteiger partial charge in [-0.25, -0.2) is 4.79 Å². The largest absolute Gasteiger partial charge is 0.333 e. The van der Waals surface area contributed by atoms with Crippen LogP contribution in [-0.4, -0.2) is 46.5 Å². The number of amides is 1. The van der Waals surface area contributed by atoms with Crippen molar-refractivity contribution in [1.82, 2.24) is 20.2 Å². The van der Waals surface area contributed by atoms with Crippen LogP contribution in [0.15, 0.2) is 15.8 Å². The topological polar surface area (TPSA) is 98.1 Å². The summed E-state index contributed by atoms with van der Waals surface area (Å²) in [6, 6.07) is 0.128. The van der Waals surface area contributed by atoms with Gasteiger partial charge in [0.05, 0.1) is 6.04 Å². The minimum absolute atomic E-state index is 0.0186. The van der Waals surface area contributed by atoms with E-state index in [1.165, 1.54) is 6.20 Å². The van der Waals surface area contributed by atoms with Crippen LogP contribution in [-0.2, 0) is 0 Å². The van der Waals surface area contributed by atoms with Crippen molar-refractivity contribution in [3.8, 4) is 0 Å². The summed E-state index contributed by atoms with van der Waals surface area (Å²) in [4.78, 5) is 40.8. The summed E-state index contributed by atoms with van der Waals surface area (Å²) in [6.07, 6.45) is 2.00. The van der Waals surface area contributed by atoms with Gasteiger partial charge >= 0.3 is 5.69 Å². The molecule has 18 heavy (non-hydrogen) atoms. The summed E-state index contributed by atoms with van der Waals surface area (Å²) in [5, 5.41) is 3.09. The van der Waals surface area contributed by atoms with Gasteiger partial charge in [-0.05, 0) is 6.42 Å². The van der Waals surface area contributed by atoms with Crippen LogP contribution in [0.3, 0.4) is 0 Å². The highest BCUT2D eigenvalue weighted by molar-refractivity contribution is 5.93. The number of carbonyl (C=O) groups is 1. The molecule has 1 saturated heterocycles. The van der Waals surface area contributed by atoms with Gasteiger partial charge in [-0.2, -0.15) is 0 Å². The maximum Gasteiger partial charge on any atom is 0.325 e. The van der Waals surface area contributed by atoms with Crippen molar-refractivity contribution >= 4 is 5.91 Å². The molecule has 1 aliphatic heterocycles. The number of nitrogens with one attached hydrogen (secondary N) is 3. The molecule has 0 atom stereocenters. The second-order valence-electron chi connectivity index (χ2n) is 4.30. The van der Waals surface area contributed by atoms with Crippen LogP contribution in [0.4, 0.5) is 0 Å². The van der Waals surface area contributed by atoms with Crippen LogP contribution < -0.4 is 16.6 Å². The molecule has 2 rings (SSSR count). The van der Waals surface area contributed by atoms with Crippen molar-refractivity contribution < 1.29 is 4.79 Å². The fourth-order valence-electron chi connectivity index (χ4n) is 1.91. The molecule has 0 unspecified atom stereocenters. The molecule has 3 N–H and O–H groups in total. The van der Waals surface area contributed by atoms with E-state index in [2.05, 4.69) is 15.3 Å². The highest BCUT2D eigenvalue weighted by Gasteiger charge is 2.29. The Hall–Kier alpha value is -1.89. The van der Waals surface area contributed by atoms with E-state index in [0.717, 1.165) is 19.5 Å². The lowest BCUT2D eigenvalue weighted by molar-refractivity contribution is 0.0613. The van der Waals surface area contributed by atoms with Gasteiger partial charge in [0, 0.05) is 25.8 Å². The number of hydrogen-bond donors (Lipinski definition) is 3. The molecule has 0 aromatic carbocycles. The van der Waals surface area contributed by atoms with Gasteiger partial charge in [-0.3, -0.25) is 14.6 Å². The molecule has 7 nitrogen and oxygen atoms in total. The molecule has 0 saturated carbocycles. The number of hydrogen-bond acceptors (Lipinski definition) is 4. The molecule has 0 spiro atoms. The normalized spacial score (nSPS) is 15.2. The fraction of sp³-hybridized carbons (Fsp3) is 0.545. The number of carbonyl (C=O) groups excluding carboxylic acids is 1. The SMILES string of the molecule is CCCN(C(=O)c1c[nH]c(=O)[nH]c1=O)C1CNC1. The van der Waals surface area contributed by atoms with E-state index in [1.807, 2.05) is 6.92 Å². The van der Waals surface area contributed by atoms with Crippen molar-refractivity contribution in [3.63, 3.8) is 0 Å². The van der Waals surface area contributed by atoms with Crippen LogP contribution >= 0.6 is 0 Å². The average Bonchev–Trinajstić information content (AvgIpc) is 2.25. The van der Waals surface area contributed by atoms with Crippen molar-refractivity contribution in [2.75, 3.05) is 19.6 Å². The van der Waals surface area contributed by atoms with E-state index in [9.17, 15) is 14.4 Å². The van der Waals surface area contributed by atoms with Crippen LogP contribution in [0.2, 0.25) is 0 Å². The third-order valence-corrected chi connectivity index (χ3v) is 2.98. The molecule has 1 aromatic heterocycles. The minimum atomic E-state index is -0.642. The first-order chi connectivity index (χ1) is 8.63. The summed E-state index contributed by atoms with van der Waals surface area (Å²) in [7, 11) is 0. The summed E-state index contributed by atoms with van der Waals surface area (Å²) in [5.74, 6) is -0.333. The van der Waals surface area contributed by atoms with Crippen molar-refractivity contribution in [2.45, 2.75) is 19.4 Å². The number of H-pyrrole nitrogens is 2. The smallest absolute Gasteiger partial charge is 0.325 e. The van der Waals surface area contributed by atoms with Gasteiger partial charge in [0.1, 0.15) is 5.56 Å².